The Morgan fingerprint density at radius 2 is 1.52 bits per heavy atom. The van der Waals surface area contributed by atoms with Crippen LogP contribution in [0.1, 0.15) is 42.7 Å². The molecular formula is C19H20O2. The first kappa shape index (κ1) is 12.8. The lowest BCUT2D eigenvalue weighted by Gasteiger charge is -2.39. The number of allylic oxidation sites excluding steroid dienone is 2. The predicted octanol–water partition coefficient (Wildman–Crippen LogP) is 4.78. The molecule has 0 unspecified atom stereocenters. The minimum Gasteiger partial charge on any atom is -0.496 e. The topological polar surface area (TPSA) is 18.5 Å². The van der Waals surface area contributed by atoms with Crippen LogP contribution >= 0.6 is 0 Å². The number of rotatable bonds is 2. The molecule has 0 amide bonds. The molecule has 0 aromatic heterocycles. The third kappa shape index (κ3) is 1.59. The number of hydrogen-bond donors (Lipinski definition) is 0. The predicted molar refractivity (Wildman–Crippen MR) is 85.5 cm³/mol. The van der Waals surface area contributed by atoms with Crippen LogP contribution in [0.5, 0.6) is 11.5 Å². The summed E-state index contributed by atoms with van der Waals surface area (Å²) in [6.45, 7) is 2.25. The maximum atomic E-state index is 5.84. The lowest BCUT2D eigenvalue weighted by molar-refractivity contribution is 0.383. The Hall–Kier alpha value is -1.96. The van der Waals surface area contributed by atoms with Crippen LogP contribution in [0.3, 0.4) is 0 Å². The van der Waals surface area contributed by atoms with E-state index in [1.165, 1.54) is 29.5 Å². The van der Waals surface area contributed by atoms with Crippen molar-refractivity contribution in [3.63, 3.8) is 0 Å². The highest BCUT2D eigenvalue weighted by Crippen LogP contribution is 2.57. The van der Waals surface area contributed by atoms with Crippen molar-refractivity contribution in [2.75, 3.05) is 14.2 Å². The summed E-state index contributed by atoms with van der Waals surface area (Å²) in [5, 5.41) is 2.32. The first-order chi connectivity index (χ1) is 10.3. The fourth-order valence-corrected chi connectivity index (χ4v) is 4.26. The molecule has 2 atom stereocenters. The fraction of sp³-hybridized carbons (Fsp3) is 0.368. The quantitative estimate of drug-likeness (QED) is 0.737. The van der Waals surface area contributed by atoms with Gasteiger partial charge >= 0.3 is 0 Å². The Labute approximate surface area is 125 Å². The van der Waals surface area contributed by atoms with E-state index in [2.05, 4.69) is 37.3 Å². The molecule has 0 radical (unpaired) electrons. The van der Waals surface area contributed by atoms with Gasteiger partial charge in [0.05, 0.1) is 14.2 Å². The van der Waals surface area contributed by atoms with Gasteiger partial charge in [-0.2, -0.15) is 0 Å². The second-order valence-electron chi connectivity index (χ2n) is 6.09. The first-order valence-corrected chi connectivity index (χ1v) is 7.61. The first-order valence-electron chi connectivity index (χ1n) is 7.61. The summed E-state index contributed by atoms with van der Waals surface area (Å²) >= 11 is 0. The molecule has 0 fully saturated rings. The summed E-state index contributed by atoms with van der Waals surface area (Å²) in [6.07, 6.45) is 4.86. The van der Waals surface area contributed by atoms with Gasteiger partial charge in [-0.05, 0) is 19.8 Å². The van der Waals surface area contributed by atoms with Gasteiger partial charge in [0, 0.05) is 33.7 Å². The van der Waals surface area contributed by atoms with Crippen LogP contribution < -0.4 is 9.47 Å². The number of fused-ring (bicyclic) bond motifs is 2. The summed E-state index contributed by atoms with van der Waals surface area (Å²) in [6, 6.07) is 8.41. The molecule has 0 aliphatic heterocycles. The minimum atomic E-state index is 0.471. The molecule has 108 valence electrons. The SMILES string of the molecule is COc1c2c(c(OC)c3ccccc13)[C@H]1CC[C@H]2C=C1C. The van der Waals surface area contributed by atoms with Crippen LogP contribution in [0.2, 0.25) is 0 Å². The van der Waals surface area contributed by atoms with E-state index in [9.17, 15) is 0 Å². The molecule has 0 N–H and O–H groups in total. The molecule has 2 bridgehead atoms. The van der Waals surface area contributed by atoms with Gasteiger partial charge in [0.1, 0.15) is 11.5 Å². The Bertz CT molecular complexity index is 758. The number of hydrogen-bond acceptors (Lipinski definition) is 2. The van der Waals surface area contributed by atoms with E-state index in [0.717, 1.165) is 22.3 Å². The number of methoxy groups -OCH3 is 2. The van der Waals surface area contributed by atoms with Crippen LogP contribution in [0.15, 0.2) is 35.9 Å². The fourth-order valence-electron chi connectivity index (χ4n) is 4.26. The van der Waals surface area contributed by atoms with Crippen molar-refractivity contribution in [2.45, 2.75) is 31.6 Å². The van der Waals surface area contributed by atoms with Crippen LogP contribution in [-0.4, -0.2) is 14.2 Å². The maximum Gasteiger partial charge on any atom is 0.131 e. The molecule has 2 aromatic carbocycles. The van der Waals surface area contributed by atoms with Gasteiger partial charge in [-0.3, -0.25) is 0 Å². The monoisotopic (exact) mass is 280 g/mol. The Kier molecular flexibility index (Phi) is 2.75. The van der Waals surface area contributed by atoms with E-state index in [1.54, 1.807) is 14.2 Å². The van der Waals surface area contributed by atoms with Gasteiger partial charge in [0.25, 0.3) is 0 Å². The highest BCUT2D eigenvalue weighted by molar-refractivity contribution is 5.97. The molecular weight excluding hydrogens is 260 g/mol. The highest BCUT2D eigenvalue weighted by atomic mass is 16.5. The van der Waals surface area contributed by atoms with E-state index >= 15 is 0 Å². The third-order valence-corrected chi connectivity index (χ3v) is 5.10. The normalized spacial score (nSPS) is 22.9. The zero-order chi connectivity index (χ0) is 14.6. The van der Waals surface area contributed by atoms with Crippen LogP contribution in [-0.2, 0) is 0 Å². The van der Waals surface area contributed by atoms with Gasteiger partial charge in [0.2, 0.25) is 0 Å². The zero-order valence-corrected chi connectivity index (χ0v) is 12.8. The molecule has 0 saturated heterocycles. The molecule has 0 heterocycles. The third-order valence-electron chi connectivity index (χ3n) is 5.10. The summed E-state index contributed by atoms with van der Waals surface area (Å²) in [4.78, 5) is 0. The minimum absolute atomic E-state index is 0.471. The van der Waals surface area contributed by atoms with Crippen molar-refractivity contribution in [1.82, 2.24) is 0 Å². The summed E-state index contributed by atoms with van der Waals surface area (Å²) in [5.41, 5.74) is 4.20. The molecule has 3 aliphatic carbocycles. The molecule has 3 aliphatic rings. The van der Waals surface area contributed by atoms with E-state index in [4.69, 9.17) is 9.47 Å². The molecule has 2 nitrogen and oxygen atoms in total. The van der Waals surface area contributed by atoms with Crippen molar-refractivity contribution in [3.8, 4) is 11.5 Å². The van der Waals surface area contributed by atoms with Gasteiger partial charge in [-0.25, -0.2) is 0 Å². The number of benzene rings is 2. The Morgan fingerprint density at radius 1 is 0.905 bits per heavy atom. The molecule has 0 spiro atoms. The smallest absolute Gasteiger partial charge is 0.131 e. The van der Waals surface area contributed by atoms with Crippen molar-refractivity contribution >= 4 is 10.8 Å². The van der Waals surface area contributed by atoms with Crippen LogP contribution in [0, 0.1) is 0 Å². The summed E-state index contributed by atoms with van der Waals surface area (Å²) < 4.78 is 11.7. The second-order valence-corrected chi connectivity index (χ2v) is 6.09. The Balaban J connectivity index is 2.17. The molecule has 0 saturated carbocycles. The zero-order valence-electron chi connectivity index (χ0n) is 12.8. The standard InChI is InChI=1S/C19H20O2/c1-11-10-12-8-9-13(11)17-16(12)18(20-2)14-6-4-5-7-15(14)19(17)21-3/h4-7,10,12-13H,8-9H2,1-3H3/t12-,13-/m0/s1. The lowest BCUT2D eigenvalue weighted by Crippen LogP contribution is -2.22. The summed E-state index contributed by atoms with van der Waals surface area (Å²) in [5.74, 6) is 3.04. The van der Waals surface area contributed by atoms with E-state index < -0.39 is 0 Å². The number of ether oxygens (including phenoxy) is 2. The average molecular weight is 280 g/mol. The van der Waals surface area contributed by atoms with E-state index in [0.29, 0.717) is 11.8 Å². The molecule has 2 aromatic rings. The van der Waals surface area contributed by atoms with Crippen molar-refractivity contribution in [3.05, 3.63) is 47.0 Å². The van der Waals surface area contributed by atoms with Crippen molar-refractivity contribution in [1.29, 1.82) is 0 Å². The molecule has 2 heteroatoms. The highest BCUT2D eigenvalue weighted by Gasteiger charge is 2.38. The lowest BCUT2D eigenvalue weighted by atomic mass is 9.67. The molecule has 5 rings (SSSR count). The van der Waals surface area contributed by atoms with E-state index in [-0.39, 0.29) is 0 Å². The second kappa shape index (κ2) is 4.52. The average Bonchev–Trinajstić information content (AvgIpc) is 2.52. The maximum absolute atomic E-state index is 5.84. The van der Waals surface area contributed by atoms with Gasteiger partial charge in [-0.1, -0.05) is 35.9 Å². The van der Waals surface area contributed by atoms with Crippen LogP contribution in [0.4, 0.5) is 0 Å². The van der Waals surface area contributed by atoms with Crippen molar-refractivity contribution < 1.29 is 9.47 Å². The van der Waals surface area contributed by atoms with Gasteiger partial charge < -0.3 is 9.47 Å². The Morgan fingerprint density at radius 3 is 2.10 bits per heavy atom. The van der Waals surface area contributed by atoms with Crippen LogP contribution in [0.25, 0.3) is 10.8 Å². The van der Waals surface area contributed by atoms with Gasteiger partial charge in [0.15, 0.2) is 0 Å². The largest absolute Gasteiger partial charge is 0.496 e. The van der Waals surface area contributed by atoms with Crippen molar-refractivity contribution in [2.24, 2.45) is 0 Å². The molecule has 21 heavy (non-hydrogen) atoms. The van der Waals surface area contributed by atoms with E-state index in [1.807, 2.05) is 0 Å². The van der Waals surface area contributed by atoms with Gasteiger partial charge in [-0.15, -0.1) is 0 Å². The summed E-state index contributed by atoms with van der Waals surface area (Å²) in [7, 11) is 3.57.